The number of rotatable bonds is 5. The number of halogens is 1. The Morgan fingerprint density at radius 2 is 2.17 bits per heavy atom. The molecule has 0 radical (unpaired) electrons. The summed E-state index contributed by atoms with van der Waals surface area (Å²) in [5, 5.41) is 0. The average Bonchev–Trinajstić information content (AvgIpc) is 2.05. The summed E-state index contributed by atoms with van der Waals surface area (Å²) < 4.78 is 9.36. The number of hydrogen-bond donors (Lipinski definition) is 0. The Hall–Kier alpha value is -0.440. The maximum Gasteiger partial charge on any atom is 0.509 e. The van der Waals surface area contributed by atoms with Gasteiger partial charge in [0.05, 0.1) is 6.61 Å². The Labute approximate surface area is 78.0 Å². The minimum atomic E-state index is -0.676. The van der Waals surface area contributed by atoms with Crippen LogP contribution in [-0.2, 0) is 9.47 Å². The largest absolute Gasteiger partial charge is 0.509 e. The van der Waals surface area contributed by atoms with Crippen LogP contribution in [0.1, 0.15) is 33.1 Å². The SMILES string of the molecule is CCCCOC(=O)OC(Cl)CC. The van der Waals surface area contributed by atoms with Gasteiger partial charge in [0.25, 0.3) is 0 Å². The zero-order valence-corrected chi connectivity index (χ0v) is 8.26. The average molecular weight is 195 g/mol. The van der Waals surface area contributed by atoms with E-state index in [-0.39, 0.29) is 0 Å². The lowest BCUT2D eigenvalue weighted by atomic mass is 10.4. The Kier molecular flexibility index (Phi) is 6.96. The lowest BCUT2D eigenvalue weighted by Gasteiger charge is -2.08. The van der Waals surface area contributed by atoms with Crippen LogP contribution in [0.5, 0.6) is 0 Å². The Balaban J connectivity index is 3.33. The lowest BCUT2D eigenvalue weighted by molar-refractivity contribution is 0.0442. The second-order valence-corrected chi connectivity index (χ2v) is 2.87. The molecule has 0 aliphatic rings. The first-order chi connectivity index (χ1) is 5.70. The summed E-state index contributed by atoms with van der Waals surface area (Å²) in [7, 11) is 0. The Morgan fingerprint density at radius 1 is 1.50 bits per heavy atom. The van der Waals surface area contributed by atoms with Gasteiger partial charge in [0.2, 0.25) is 0 Å². The Bertz CT molecular complexity index is 127. The molecular formula is C8H15ClO3. The minimum absolute atomic E-state index is 0.405. The highest BCUT2D eigenvalue weighted by Gasteiger charge is 2.09. The predicted octanol–water partition coefficient (Wildman–Crippen LogP) is 2.91. The fourth-order valence-electron chi connectivity index (χ4n) is 0.522. The molecule has 0 amide bonds. The van der Waals surface area contributed by atoms with E-state index in [1.54, 1.807) is 0 Å². The predicted molar refractivity (Wildman–Crippen MR) is 47.3 cm³/mol. The van der Waals surface area contributed by atoms with Gasteiger partial charge in [0.15, 0.2) is 5.56 Å². The van der Waals surface area contributed by atoms with Gasteiger partial charge in [-0.3, -0.25) is 0 Å². The molecule has 0 bridgehead atoms. The summed E-state index contributed by atoms with van der Waals surface area (Å²) in [6, 6.07) is 0. The standard InChI is InChI=1S/C8H15ClO3/c1-3-5-6-11-8(10)12-7(9)4-2/h7H,3-6H2,1-2H3. The van der Waals surface area contributed by atoms with Crippen molar-refractivity contribution in [2.75, 3.05) is 6.61 Å². The summed E-state index contributed by atoms with van der Waals surface area (Å²) >= 11 is 5.55. The molecule has 0 saturated carbocycles. The molecule has 0 fully saturated rings. The van der Waals surface area contributed by atoms with Gasteiger partial charge in [-0.1, -0.05) is 31.9 Å². The molecule has 0 spiro atoms. The van der Waals surface area contributed by atoms with E-state index in [0.717, 1.165) is 12.8 Å². The molecule has 0 saturated heterocycles. The fourth-order valence-corrected chi connectivity index (χ4v) is 0.594. The lowest BCUT2D eigenvalue weighted by Crippen LogP contribution is -2.13. The van der Waals surface area contributed by atoms with E-state index >= 15 is 0 Å². The molecule has 0 aliphatic heterocycles. The highest BCUT2D eigenvalue weighted by molar-refractivity contribution is 6.20. The van der Waals surface area contributed by atoms with Crippen LogP contribution < -0.4 is 0 Å². The van der Waals surface area contributed by atoms with Crippen LogP contribution in [0.4, 0.5) is 4.79 Å². The summed E-state index contributed by atoms with van der Waals surface area (Å²) in [5.41, 5.74) is -0.570. The topological polar surface area (TPSA) is 35.5 Å². The second-order valence-electron chi connectivity index (χ2n) is 2.39. The monoisotopic (exact) mass is 194 g/mol. The van der Waals surface area contributed by atoms with Crippen LogP contribution in [0, 0.1) is 0 Å². The van der Waals surface area contributed by atoms with E-state index in [4.69, 9.17) is 16.3 Å². The molecule has 12 heavy (non-hydrogen) atoms. The number of carbonyl (C=O) groups is 1. The minimum Gasteiger partial charge on any atom is -0.434 e. The van der Waals surface area contributed by atoms with Gasteiger partial charge < -0.3 is 9.47 Å². The molecule has 0 N–H and O–H groups in total. The normalized spacial score (nSPS) is 12.2. The Morgan fingerprint density at radius 3 is 2.67 bits per heavy atom. The molecule has 0 aromatic heterocycles. The third kappa shape index (κ3) is 6.28. The summed E-state index contributed by atoms with van der Waals surface area (Å²) in [5.74, 6) is 0. The van der Waals surface area contributed by atoms with Crippen molar-refractivity contribution in [1.82, 2.24) is 0 Å². The molecule has 0 rings (SSSR count). The van der Waals surface area contributed by atoms with E-state index in [2.05, 4.69) is 4.74 Å². The first-order valence-electron chi connectivity index (χ1n) is 4.18. The molecule has 1 atom stereocenters. The van der Waals surface area contributed by atoms with Crippen LogP contribution in [0.2, 0.25) is 0 Å². The molecule has 3 nitrogen and oxygen atoms in total. The van der Waals surface area contributed by atoms with Crippen LogP contribution in [0.3, 0.4) is 0 Å². The molecule has 4 heteroatoms. The van der Waals surface area contributed by atoms with Gasteiger partial charge in [-0.25, -0.2) is 4.79 Å². The van der Waals surface area contributed by atoms with Crippen molar-refractivity contribution in [2.45, 2.75) is 38.7 Å². The molecule has 1 unspecified atom stereocenters. The van der Waals surface area contributed by atoms with Gasteiger partial charge >= 0.3 is 6.16 Å². The van der Waals surface area contributed by atoms with Crippen molar-refractivity contribution in [3.05, 3.63) is 0 Å². The first-order valence-corrected chi connectivity index (χ1v) is 4.61. The number of unbranched alkanes of at least 4 members (excludes halogenated alkanes) is 1. The summed E-state index contributed by atoms with van der Waals surface area (Å²) in [6.45, 7) is 4.25. The molecule has 0 aromatic rings. The third-order valence-electron chi connectivity index (χ3n) is 1.26. The van der Waals surface area contributed by atoms with Crippen molar-refractivity contribution < 1.29 is 14.3 Å². The molecule has 0 heterocycles. The molecule has 0 aromatic carbocycles. The van der Waals surface area contributed by atoms with Crippen LogP contribution in [0.15, 0.2) is 0 Å². The van der Waals surface area contributed by atoms with Crippen molar-refractivity contribution >= 4 is 17.8 Å². The van der Waals surface area contributed by atoms with E-state index in [1.165, 1.54) is 0 Å². The number of ether oxygens (including phenoxy) is 2. The van der Waals surface area contributed by atoms with E-state index in [9.17, 15) is 4.79 Å². The zero-order valence-electron chi connectivity index (χ0n) is 7.51. The summed E-state index contributed by atoms with van der Waals surface area (Å²) in [4.78, 5) is 10.8. The van der Waals surface area contributed by atoms with Gasteiger partial charge in [-0.2, -0.15) is 0 Å². The van der Waals surface area contributed by atoms with E-state index in [0.29, 0.717) is 13.0 Å². The van der Waals surface area contributed by atoms with E-state index in [1.807, 2.05) is 13.8 Å². The van der Waals surface area contributed by atoms with Crippen molar-refractivity contribution in [3.8, 4) is 0 Å². The van der Waals surface area contributed by atoms with Crippen LogP contribution in [0.25, 0.3) is 0 Å². The smallest absolute Gasteiger partial charge is 0.434 e. The number of alkyl halides is 1. The van der Waals surface area contributed by atoms with Crippen LogP contribution in [-0.4, -0.2) is 18.3 Å². The maximum absolute atomic E-state index is 10.8. The first kappa shape index (κ1) is 11.6. The number of carbonyl (C=O) groups excluding carboxylic acids is 1. The molecule has 72 valence electrons. The summed E-state index contributed by atoms with van der Waals surface area (Å²) in [6.07, 6.45) is 1.76. The molecule has 0 aliphatic carbocycles. The second kappa shape index (κ2) is 7.22. The van der Waals surface area contributed by atoms with Gasteiger partial charge in [0, 0.05) is 0 Å². The van der Waals surface area contributed by atoms with Crippen molar-refractivity contribution in [1.29, 1.82) is 0 Å². The zero-order chi connectivity index (χ0) is 9.40. The van der Waals surface area contributed by atoms with E-state index < -0.39 is 11.7 Å². The quantitative estimate of drug-likeness (QED) is 0.384. The fraction of sp³-hybridized carbons (Fsp3) is 0.875. The highest BCUT2D eigenvalue weighted by atomic mass is 35.5. The van der Waals surface area contributed by atoms with Crippen LogP contribution >= 0.6 is 11.6 Å². The highest BCUT2D eigenvalue weighted by Crippen LogP contribution is 2.04. The van der Waals surface area contributed by atoms with Gasteiger partial charge in [-0.05, 0) is 12.8 Å². The van der Waals surface area contributed by atoms with Gasteiger partial charge in [0.1, 0.15) is 0 Å². The van der Waals surface area contributed by atoms with Gasteiger partial charge in [-0.15, -0.1) is 0 Å². The van der Waals surface area contributed by atoms with Crippen molar-refractivity contribution in [2.24, 2.45) is 0 Å². The number of hydrogen-bond acceptors (Lipinski definition) is 3. The maximum atomic E-state index is 10.8. The molecular weight excluding hydrogens is 180 g/mol. The van der Waals surface area contributed by atoms with Crippen molar-refractivity contribution in [3.63, 3.8) is 0 Å². The third-order valence-corrected chi connectivity index (χ3v) is 1.66.